The molecular weight excluding hydrogens is 470 g/mol. The maximum atomic E-state index is 6.59. The standard InChI is InChI=1S/C32H46B2O4/c1-10-14-27(33-35-29(2,3)30(4,5)36-33)23-28(34-37-31(6,7)32(8,9)38-34)22-19-24-17-20-26(21-18-24)25-15-12-11-13-16-25/h10-13,15-18,20-21,27-28H,1,14,19,22-23H2,2-9H3/t27-,28+/m1/s1. The summed E-state index contributed by atoms with van der Waals surface area (Å²) >= 11 is 0. The second-order valence-electron chi connectivity index (χ2n) is 13.1. The van der Waals surface area contributed by atoms with Gasteiger partial charge < -0.3 is 18.6 Å². The topological polar surface area (TPSA) is 36.9 Å². The Morgan fingerprint density at radius 2 is 1.11 bits per heavy atom. The van der Waals surface area contributed by atoms with Gasteiger partial charge in [-0.1, -0.05) is 67.1 Å². The molecule has 2 atom stereocenters. The van der Waals surface area contributed by atoms with Gasteiger partial charge in [0.1, 0.15) is 0 Å². The number of allylic oxidation sites excluding steroid dienone is 1. The van der Waals surface area contributed by atoms with Crippen molar-refractivity contribution in [3.05, 3.63) is 72.8 Å². The molecule has 0 radical (unpaired) electrons. The Kier molecular flexibility index (Phi) is 8.41. The van der Waals surface area contributed by atoms with Gasteiger partial charge in [0, 0.05) is 0 Å². The third-order valence-electron chi connectivity index (χ3n) is 9.25. The monoisotopic (exact) mass is 516 g/mol. The van der Waals surface area contributed by atoms with Crippen LogP contribution in [0.3, 0.4) is 0 Å². The molecule has 2 aliphatic heterocycles. The molecule has 2 aromatic carbocycles. The highest BCUT2D eigenvalue weighted by atomic mass is 16.7. The molecule has 0 N–H and O–H groups in total. The second-order valence-corrected chi connectivity index (χ2v) is 13.1. The van der Waals surface area contributed by atoms with Crippen LogP contribution in [-0.4, -0.2) is 36.6 Å². The van der Waals surface area contributed by atoms with E-state index in [9.17, 15) is 0 Å². The highest BCUT2D eigenvalue weighted by Crippen LogP contribution is 2.47. The van der Waals surface area contributed by atoms with Crippen LogP contribution in [0.4, 0.5) is 0 Å². The van der Waals surface area contributed by atoms with Crippen molar-refractivity contribution >= 4 is 14.2 Å². The fourth-order valence-electron chi connectivity index (χ4n) is 5.30. The first-order valence-electron chi connectivity index (χ1n) is 14.2. The molecule has 0 aliphatic carbocycles. The summed E-state index contributed by atoms with van der Waals surface area (Å²) in [7, 11) is -0.564. The third kappa shape index (κ3) is 6.14. The Labute approximate surface area is 231 Å². The summed E-state index contributed by atoms with van der Waals surface area (Å²) in [4.78, 5) is 0. The highest BCUT2D eigenvalue weighted by molar-refractivity contribution is 6.49. The van der Waals surface area contributed by atoms with Crippen LogP contribution in [0.1, 0.15) is 80.2 Å². The van der Waals surface area contributed by atoms with E-state index in [4.69, 9.17) is 18.6 Å². The molecule has 0 saturated carbocycles. The first-order chi connectivity index (χ1) is 17.7. The lowest BCUT2D eigenvalue weighted by atomic mass is 9.58. The average Bonchev–Trinajstić information content (AvgIpc) is 3.21. The third-order valence-corrected chi connectivity index (χ3v) is 9.25. The molecule has 2 saturated heterocycles. The fraction of sp³-hybridized carbons (Fsp3) is 0.562. The normalized spacial score (nSPS) is 22.8. The molecule has 6 heteroatoms. The lowest BCUT2D eigenvalue weighted by Crippen LogP contribution is -2.41. The van der Waals surface area contributed by atoms with Crippen molar-refractivity contribution in [1.82, 2.24) is 0 Å². The van der Waals surface area contributed by atoms with Gasteiger partial charge in [-0.15, -0.1) is 6.58 Å². The van der Waals surface area contributed by atoms with Gasteiger partial charge in [-0.25, -0.2) is 0 Å². The van der Waals surface area contributed by atoms with E-state index in [0.29, 0.717) is 0 Å². The van der Waals surface area contributed by atoms with E-state index in [-0.39, 0.29) is 48.3 Å². The summed E-state index contributed by atoms with van der Waals surface area (Å²) in [6.45, 7) is 21.0. The van der Waals surface area contributed by atoms with E-state index >= 15 is 0 Å². The zero-order chi connectivity index (χ0) is 27.8. The maximum absolute atomic E-state index is 6.59. The van der Waals surface area contributed by atoms with Crippen molar-refractivity contribution in [2.24, 2.45) is 0 Å². The molecular formula is C32H46B2O4. The Hall–Kier alpha value is -1.85. The minimum Gasteiger partial charge on any atom is -0.403 e. The molecule has 0 spiro atoms. The van der Waals surface area contributed by atoms with Crippen LogP contribution in [0, 0.1) is 0 Å². The molecule has 38 heavy (non-hydrogen) atoms. The number of rotatable bonds is 10. The zero-order valence-corrected chi connectivity index (χ0v) is 24.8. The first kappa shape index (κ1) is 29.1. The Morgan fingerprint density at radius 3 is 1.58 bits per heavy atom. The van der Waals surface area contributed by atoms with E-state index in [2.05, 4.69) is 117 Å². The highest BCUT2D eigenvalue weighted by Gasteiger charge is 2.56. The van der Waals surface area contributed by atoms with Crippen LogP contribution in [0.15, 0.2) is 67.3 Å². The Morgan fingerprint density at radius 1 is 0.658 bits per heavy atom. The van der Waals surface area contributed by atoms with E-state index in [0.717, 1.165) is 25.7 Å². The predicted octanol–water partition coefficient (Wildman–Crippen LogP) is 8.18. The smallest absolute Gasteiger partial charge is 0.403 e. The van der Waals surface area contributed by atoms with Crippen molar-refractivity contribution in [3.63, 3.8) is 0 Å². The maximum Gasteiger partial charge on any atom is 0.461 e. The molecule has 4 nitrogen and oxygen atoms in total. The second kappa shape index (κ2) is 11.0. The number of benzene rings is 2. The molecule has 0 amide bonds. The van der Waals surface area contributed by atoms with Crippen LogP contribution < -0.4 is 0 Å². The summed E-state index contributed by atoms with van der Waals surface area (Å²) in [6.07, 6.45) is 5.59. The van der Waals surface area contributed by atoms with E-state index in [1.165, 1.54) is 16.7 Å². The van der Waals surface area contributed by atoms with Crippen molar-refractivity contribution in [3.8, 4) is 11.1 Å². The minimum absolute atomic E-state index is 0.165. The van der Waals surface area contributed by atoms with Crippen molar-refractivity contribution < 1.29 is 18.6 Å². The molecule has 0 aromatic heterocycles. The lowest BCUT2D eigenvalue weighted by Gasteiger charge is -2.32. The predicted molar refractivity (Wildman–Crippen MR) is 159 cm³/mol. The molecule has 0 unspecified atom stereocenters. The number of hydrogen-bond donors (Lipinski definition) is 0. The van der Waals surface area contributed by atoms with Gasteiger partial charge in [0.25, 0.3) is 0 Å². The summed E-state index contributed by atoms with van der Waals surface area (Å²) < 4.78 is 26.2. The van der Waals surface area contributed by atoms with Crippen molar-refractivity contribution in [1.29, 1.82) is 0 Å². The molecule has 204 valence electrons. The van der Waals surface area contributed by atoms with Crippen LogP contribution in [0.5, 0.6) is 0 Å². The molecule has 2 aliphatic rings. The van der Waals surface area contributed by atoms with Crippen LogP contribution in [0.25, 0.3) is 11.1 Å². The van der Waals surface area contributed by atoms with Crippen molar-refractivity contribution in [2.75, 3.05) is 0 Å². The van der Waals surface area contributed by atoms with E-state index in [1.54, 1.807) is 0 Å². The van der Waals surface area contributed by atoms with Gasteiger partial charge >= 0.3 is 14.2 Å². The molecule has 0 bridgehead atoms. The summed E-state index contributed by atoms with van der Waals surface area (Å²) in [5.41, 5.74) is 2.33. The summed E-state index contributed by atoms with van der Waals surface area (Å²) in [5.74, 6) is 0.354. The molecule has 4 rings (SSSR count). The van der Waals surface area contributed by atoms with Gasteiger partial charge in [-0.05, 0) is 103 Å². The summed E-state index contributed by atoms with van der Waals surface area (Å²) in [6, 6.07) is 19.5. The first-order valence-corrected chi connectivity index (χ1v) is 14.2. The van der Waals surface area contributed by atoms with Crippen molar-refractivity contribution in [2.45, 2.75) is 115 Å². The number of hydrogen-bond acceptors (Lipinski definition) is 4. The SMILES string of the molecule is C=CC[C@H](C[C@H](CCc1ccc(-c2ccccc2)cc1)B1OC(C)(C)C(C)(C)O1)B1OC(C)(C)C(C)(C)O1. The minimum atomic E-state index is -0.370. The molecule has 2 heterocycles. The van der Waals surface area contributed by atoms with Gasteiger partial charge in [0.15, 0.2) is 0 Å². The molecule has 2 fully saturated rings. The quantitative estimate of drug-likeness (QED) is 0.236. The largest absolute Gasteiger partial charge is 0.461 e. The Balaban J connectivity index is 1.52. The van der Waals surface area contributed by atoms with Crippen LogP contribution in [-0.2, 0) is 25.0 Å². The fourth-order valence-corrected chi connectivity index (χ4v) is 5.30. The Bertz CT molecular complexity index is 1050. The zero-order valence-electron chi connectivity index (χ0n) is 24.8. The van der Waals surface area contributed by atoms with E-state index in [1.807, 2.05) is 6.08 Å². The van der Waals surface area contributed by atoms with E-state index < -0.39 is 0 Å². The van der Waals surface area contributed by atoms with Crippen LogP contribution in [0.2, 0.25) is 11.6 Å². The van der Waals surface area contributed by atoms with Crippen LogP contribution >= 0.6 is 0 Å². The molecule has 2 aromatic rings. The van der Waals surface area contributed by atoms with Gasteiger partial charge in [-0.3, -0.25) is 0 Å². The van der Waals surface area contributed by atoms with Gasteiger partial charge in [0.05, 0.1) is 22.4 Å². The van der Waals surface area contributed by atoms with Gasteiger partial charge in [0.2, 0.25) is 0 Å². The summed E-state index contributed by atoms with van der Waals surface area (Å²) in [5, 5.41) is 0. The number of aryl methyl sites for hydroxylation is 1. The van der Waals surface area contributed by atoms with Gasteiger partial charge in [-0.2, -0.15) is 0 Å². The lowest BCUT2D eigenvalue weighted by molar-refractivity contribution is 0.00578. The average molecular weight is 516 g/mol.